The molecule has 1 rings (SSSR count). The Hall–Kier alpha value is -2.22. The van der Waals surface area contributed by atoms with Crippen molar-refractivity contribution in [1.29, 1.82) is 0 Å². The molecule has 1 saturated carbocycles. The van der Waals surface area contributed by atoms with Crippen LogP contribution in [0.3, 0.4) is 0 Å². The van der Waals surface area contributed by atoms with Crippen LogP contribution in [0.5, 0.6) is 0 Å². The van der Waals surface area contributed by atoms with Crippen LogP contribution in [0.25, 0.3) is 0 Å². The number of phosphoric acid groups is 1. The number of aliphatic hydroxyl groups is 5. The third kappa shape index (κ3) is 37.5. The van der Waals surface area contributed by atoms with E-state index in [-0.39, 0.29) is 13.0 Å². The molecule has 0 spiro atoms. The topological polar surface area (TPSA) is 192 Å². The van der Waals surface area contributed by atoms with Crippen LogP contribution >= 0.6 is 7.82 Å². The van der Waals surface area contributed by atoms with Gasteiger partial charge in [-0.2, -0.15) is 0 Å². The van der Waals surface area contributed by atoms with Gasteiger partial charge in [-0.1, -0.05) is 222 Å². The van der Waals surface area contributed by atoms with E-state index in [1.54, 1.807) is 0 Å². The first kappa shape index (κ1) is 65.8. The van der Waals surface area contributed by atoms with Crippen LogP contribution in [-0.4, -0.2) is 98.9 Å². The monoisotopic (exact) mass is 1010 g/mol. The van der Waals surface area contributed by atoms with E-state index in [0.717, 1.165) is 70.6 Å². The Balaban J connectivity index is 2.34. The van der Waals surface area contributed by atoms with E-state index in [1.807, 2.05) is 0 Å². The highest BCUT2D eigenvalue weighted by molar-refractivity contribution is 7.47. The zero-order chi connectivity index (χ0) is 51.2. The van der Waals surface area contributed by atoms with Crippen LogP contribution in [0.15, 0.2) is 72.9 Å². The summed E-state index contributed by atoms with van der Waals surface area (Å²) in [6, 6.07) is 0. The van der Waals surface area contributed by atoms with Gasteiger partial charge in [-0.25, -0.2) is 4.57 Å². The molecule has 406 valence electrons. The number of carbonyl (C=O) groups is 1. The number of ether oxygens (including phenoxy) is 2. The minimum Gasteiger partial charge on any atom is -0.457 e. The van der Waals surface area contributed by atoms with Gasteiger partial charge >= 0.3 is 13.8 Å². The first-order chi connectivity index (χ1) is 34.0. The van der Waals surface area contributed by atoms with Crippen molar-refractivity contribution in [1.82, 2.24) is 0 Å². The minimum absolute atomic E-state index is 0.0954. The molecule has 1 aliphatic carbocycles. The minimum atomic E-state index is -5.04. The Bertz CT molecular complexity index is 1430. The summed E-state index contributed by atoms with van der Waals surface area (Å²) >= 11 is 0. The van der Waals surface area contributed by atoms with Gasteiger partial charge in [0.2, 0.25) is 0 Å². The molecule has 0 aliphatic heterocycles. The molecule has 6 unspecified atom stereocenters. The molecular weight excluding hydrogens is 908 g/mol. The maximum absolute atomic E-state index is 12.9. The van der Waals surface area contributed by atoms with Crippen molar-refractivity contribution in [2.45, 2.75) is 262 Å². The van der Waals surface area contributed by atoms with Gasteiger partial charge in [0, 0.05) is 13.0 Å². The van der Waals surface area contributed by atoms with Crippen LogP contribution in [0.4, 0.5) is 0 Å². The quantitative estimate of drug-likeness (QED) is 0.0147. The molecule has 6 N–H and O–H groups in total. The van der Waals surface area contributed by atoms with Crippen LogP contribution in [-0.2, 0) is 27.9 Å². The molecule has 0 aromatic carbocycles. The zero-order valence-corrected chi connectivity index (χ0v) is 44.7. The molecule has 0 bridgehead atoms. The van der Waals surface area contributed by atoms with E-state index in [9.17, 15) is 39.8 Å². The molecule has 0 aromatic heterocycles. The number of carbonyl (C=O) groups excluding carboxylic acids is 1. The van der Waals surface area contributed by atoms with Crippen LogP contribution in [0.2, 0.25) is 0 Å². The van der Waals surface area contributed by atoms with E-state index in [2.05, 4.69) is 86.8 Å². The Morgan fingerprint density at radius 1 is 0.471 bits per heavy atom. The Morgan fingerprint density at radius 2 is 0.843 bits per heavy atom. The fourth-order valence-electron chi connectivity index (χ4n) is 8.24. The average molecular weight is 1010 g/mol. The zero-order valence-electron chi connectivity index (χ0n) is 43.8. The lowest BCUT2D eigenvalue weighted by atomic mass is 9.85. The number of hydrogen-bond donors (Lipinski definition) is 6. The molecule has 1 aliphatic rings. The molecule has 0 radical (unpaired) electrons. The summed E-state index contributed by atoms with van der Waals surface area (Å²) in [4.78, 5) is 23.3. The van der Waals surface area contributed by atoms with Gasteiger partial charge in [0.25, 0.3) is 0 Å². The van der Waals surface area contributed by atoms with Crippen molar-refractivity contribution >= 4 is 13.8 Å². The van der Waals surface area contributed by atoms with Gasteiger partial charge in [-0.15, -0.1) is 0 Å². The number of unbranched alkanes of at least 4 members (excludes halogenated alkanes) is 23. The van der Waals surface area contributed by atoms with Gasteiger partial charge in [-0.3, -0.25) is 13.8 Å². The third-order valence-corrected chi connectivity index (χ3v) is 13.6. The predicted molar refractivity (Wildman–Crippen MR) is 285 cm³/mol. The van der Waals surface area contributed by atoms with Crippen molar-refractivity contribution in [3.63, 3.8) is 0 Å². The molecule has 12 nitrogen and oxygen atoms in total. The fraction of sp³-hybridized carbons (Fsp3) is 0.772. The SMILES string of the molecule is CC/C=C\C/C=C\C/C=C\C/C=C\C/C=C\C/C=C\CCCCC(=O)OC(COCCCCCCCCCCCCCCCCCCCCCCCC)COP(=O)(O)OC1C(O)C(O)C(O)C(O)C1O. The molecule has 1 fully saturated rings. The molecule has 0 saturated heterocycles. The fourth-order valence-corrected chi connectivity index (χ4v) is 9.22. The number of esters is 1. The lowest BCUT2D eigenvalue weighted by Crippen LogP contribution is -2.64. The highest BCUT2D eigenvalue weighted by Crippen LogP contribution is 2.47. The second-order valence-electron chi connectivity index (χ2n) is 19.1. The average Bonchev–Trinajstić information content (AvgIpc) is 3.35. The molecule has 0 amide bonds. The second-order valence-corrected chi connectivity index (χ2v) is 20.5. The summed E-state index contributed by atoms with van der Waals surface area (Å²) in [7, 11) is -5.04. The smallest absolute Gasteiger partial charge is 0.457 e. The van der Waals surface area contributed by atoms with Crippen LogP contribution < -0.4 is 0 Å². The first-order valence-corrected chi connectivity index (χ1v) is 29.3. The van der Waals surface area contributed by atoms with Gasteiger partial charge in [-0.05, 0) is 64.2 Å². The third-order valence-electron chi connectivity index (χ3n) is 12.6. The standard InChI is InChI=1S/C57H101O12P/c1-3-5-7-9-11-13-15-17-19-21-23-25-27-29-31-33-35-37-39-41-43-45-47-66-48-50(49-67-70(64,65)69-57-55(62)53(60)52(59)54(61)56(57)63)68-51(58)46-44-42-40-38-36-34-32-30-28-26-24-22-20-18-16-14-12-10-8-6-4-2/h6,8,12,14,18,20,24,26,30,32,36,38,50,52-57,59-63H,3-5,7,9-11,13,15-17,19,21-23,25,27-29,31,33-35,37,39-49H2,1-2H3,(H,64,65)/b8-6-,14-12-,20-18-,26-24-,32-30-,38-36-. The number of rotatable bonds is 47. The normalized spacial score (nSPS) is 21.4. The molecule has 6 atom stereocenters. The summed E-state index contributed by atoms with van der Waals surface area (Å²) in [6.07, 6.45) is 49.7. The van der Waals surface area contributed by atoms with Crippen molar-refractivity contribution in [2.24, 2.45) is 0 Å². The second kappa shape index (κ2) is 46.6. The van der Waals surface area contributed by atoms with Gasteiger partial charge in [0.05, 0.1) is 13.2 Å². The summed E-state index contributed by atoms with van der Waals surface area (Å²) < 4.78 is 34.3. The summed E-state index contributed by atoms with van der Waals surface area (Å²) in [5.74, 6) is -0.517. The van der Waals surface area contributed by atoms with Crippen molar-refractivity contribution < 1.29 is 58.3 Å². The highest BCUT2D eigenvalue weighted by atomic mass is 31.2. The van der Waals surface area contributed by atoms with Gasteiger partial charge in [0.15, 0.2) is 0 Å². The van der Waals surface area contributed by atoms with Gasteiger partial charge < -0.3 is 39.9 Å². The number of aliphatic hydroxyl groups excluding tert-OH is 5. The maximum atomic E-state index is 12.9. The van der Waals surface area contributed by atoms with Crippen LogP contribution in [0.1, 0.15) is 219 Å². The maximum Gasteiger partial charge on any atom is 0.472 e. The van der Waals surface area contributed by atoms with E-state index in [1.165, 1.54) is 122 Å². The Kier molecular flexibility index (Phi) is 43.8. The summed E-state index contributed by atoms with van der Waals surface area (Å²) in [5, 5.41) is 50.4. The Morgan fingerprint density at radius 3 is 1.26 bits per heavy atom. The molecule has 70 heavy (non-hydrogen) atoms. The lowest BCUT2D eigenvalue weighted by Gasteiger charge is -2.41. The van der Waals surface area contributed by atoms with Crippen molar-refractivity contribution in [2.75, 3.05) is 19.8 Å². The Labute approximate surface area is 425 Å². The van der Waals surface area contributed by atoms with Crippen molar-refractivity contribution in [3.05, 3.63) is 72.9 Å². The summed E-state index contributed by atoms with van der Waals surface area (Å²) in [6.45, 7) is 4.13. The van der Waals surface area contributed by atoms with E-state index in [4.69, 9.17) is 18.5 Å². The largest absolute Gasteiger partial charge is 0.472 e. The molecule has 0 heterocycles. The molecule has 13 heteroatoms. The number of hydrogen-bond acceptors (Lipinski definition) is 11. The predicted octanol–water partition coefficient (Wildman–Crippen LogP) is 13.1. The van der Waals surface area contributed by atoms with E-state index in [0.29, 0.717) is 13.0 Å². The first-order valence-electron chi connectivity index (χ1n) is 27.8. The number of allylic oxidation sites excluding steroid dienone is 12. The summed E-state index contributed by atoms with van der Waals surface area (Å²) in [5.41, 5.74) is 0. The lowest BCUT2D eigenvalue weighted by molar-refractivity contribution is -0.220. The van der Waals surface area contributed by atoms with E-state index < -0.39 is 63.1 Å². The molecule has 0 aromatic rings. The number of phosphoric ester groups is 1. The molecular formula is C57H101O12P. The van der Waals surface area contributed by atoms with E-state index >= 15 is 0 Å². The van der Waals surface area contributed by atoms with Crippen molar-refractivity contribution in [3.8, 4) is 0 Å². The van der Waals surface area contributed by atoms with Gasteiger partial charge in [0.1, 0.15) is 42.7 Å². The van der Waals surface area contributed by atoms with Crippen LogP contribution in [0, 0.1) is 0 Å². The highest BCUT2D eigenvalue weighted by Gasteiger charge is 2.51.